The number of amides is 1. The fraction of sp³-hybridized carbons (Fsp3) is 0.240. The molecule has 0 spiro atoms. The first kappa shape index (κ1) is 23.5. The average molecular weight is 493 g/mol. The lowest BCUT2D eigenvalue weighted by atomic mass is 9.94. The number of hydrogen-bond acceptors (Lipinski definition) is 7. The van der Waals surface area contributed by atoms with Crippen molar-refractivity contribution in [3.8, 4) is 0 Å². The van der Waals surface area contributed by atoms with E-state index in [1.165, 1.54) is 0 Å². The smallest absolute Gasteiger partial charge is 0.357 e. The van der Waals surface area contributed by atoms with Crippen molar-refractivity contribution in [1.29, 1.82) is 0 Å². The third-order valence-electron chi connectivity index (χ3n) is 6.07. The SMILES string of the molecule is CNc1ncc2c(n1)N1C(=NCC1C)C(c1cc(NC(=O)c3cc(C(F)(F)F)ccn3)ccc1C)=C2. The van der Waals surface area contributed by atoms with Gasteiger partial charge < -0.3 is 15.5 Å². The van der Waals surface area contributed by atoms with Gasteiger partial charge in [0.15, 0.2) is 0 Å². The Morgan fingerprint density at radius 2 is 1.97 bits per heavy atom. The summed E-state index contributed by atoms with van der Waals surface area (Å²) in [4.78, 5) is 32.3. The van der Waals surface area contributed by atoms with Gasteiger partial charge in [-0.2, -0.15) is 18.2 Å². The number of aromatic nitrogens is 3. The van der Waals surface area contributed by atoms with Crippen LogP contribution in [0.15, 0.2) is 47.7 Å². The van der Waals surface area contributed by atoms with Gasteiger partial charge in [0.2, 0.25) is 5.95 Å². The molecule has 2 aliphatic heterocycles. The van der Waals surface area contributed by atoms with Crippen LogP contribution >= 0.6 is 0 Å². The van der Waals surface area contributed by atoms with Crippen molar-refractivity contribution >= 4 is 40.8 Å². The molecule has 1 unspecified atom stereocenters. The van der Waals surface area contributed by atoms with Gasteiger partial charge in [-0.3, -0.25) is 14.8 Å². The van der Waals surface area contributed by atoms with E-state index in [9.17, 15) is 18.0 Å². The zero-order valence-corrected chi connectivity index (χ0v) is 19.7. The fourth-order valence-corrected chi connectivity index (χ4v) is 4.24. The number of fused-ring (bicyclic) bond motifs is 3. The monoisotopic (exact) mass is 493 g/mol. The van der Waals surface area contributed by atoms with Crippen LogP contribution in [0.4, 0.5) is 30.6 Å². The number of benzene rings is 1. The third-order valence-corrected chi connectivity index (χ3v) is 6.07. The van der Waals surface area contributed by atoms with E-state index in [1.54, 1.807) is 25.4 Å². The molecular weight excluding hydrogens is 471 g/mol. The van der Waals surface area contributed by atoms with Crippen molar-refractivity contribution in [2.24, 2.45) is 4.99 Å². The Labute approximate surface area is 205 Å². The van der Waals surface area contributed by atoms with Gasteiger partial charge in [0.05, 0.1) is 18.2 Å². The number of aryl methyl sites for hydroxylation is 1. The molecule has 11 heteroatoms. The Hall–Kier alpha value is -4.28. The minimum atomic E-state index is -4.57. The number of amidine groups is 1. The molecule has 0 fully saturated rings. The Balaban J connectivity index is 1.51. The number of rotatable bonds is 4. The van der Waals surface area contributed by atoms with Gasteiger partial charge in [-0.15, -0.1) is 0 Å². The quantitative estimate of drug-likeness (QED) is 0.549. The number of halogens is 3. The van der Waals surface area contributed by atoms with Crippen LogP contribution in [0, 0.1) is 6.92 Å². The first-order valence-electron chi connectivity index (χ1n) is 11.2. The standard InChI is InChI=1S/C25H22F3N7O/c1-13-4-5-17(33-23(36)20-9-16(6-7-30-20)25(26,27)28)10-18(13)19-8-15-12-32-24(29-3)34-21(15)35-14(2)11-31-22(19)35/h4-10,12,14H,11H2,1-3H3,(H,33,36)(H,29,32,34). The Kier molecular flexibility index (Phi) is 5.70. The minimum absolute atomic E-state index is 0.0947. The molecule has 0 saturated heterocycles. The normalized spacial score (nSPS) is 16.6. The van der Waals surface area contributed by atoms with Crippen LogP contribution in [0.2, 0.25) is 0 Å². The molecule has 1 aromatic carbocycles. The lowest BCUT2D eigenvalue weighted by Gasteiger charge is -2.31. The van der Waals surface area contributed by atoms with E-state index >= 15 is 0 Å². The van der Waals surface area contributed by atoms with Crippen LogP contribution in [-0.4, -0.2) is 46.3 Å². The van der Waals surface area contributed by atoms with Crippen molar-refractivity contribution in [1.82, 2.24) is 15.0 Å². The zero-order chi connectivity index (χ0) is 25.6. The van der Waals surface area contributed by atoms with Crippen LogP contribution in [0.1, 0.15) is 39.7 Å². The van der Waals surface area contributed by atoms with E-state index in [0.717, 1.165) is 52.2 Å². The molecule has 1 amide bonds. The average Bonchev–Trinajstić information content (AvgIpc) is 3.26. The summed E-state index contributed by atoms with van der Waals surface area (Å²) in [5.41, 5.74) is 2.61. The molecule has 0 aliphatic carbocycles. The maximum atomic E-state index is 13.1. The molecule has 0 bridgehead atoms. The van der Waals surface area contributed by atoms with E-state index in [2.05, 4.69) is 37.4 Å². The van der Waals surface area contributed by atoms with E-state index in [-0.39, 0.29) is 11.7 Å². The van der Waals surface area contributed by atoms with E-state index < -0.39 is 17.6 Å². The second kappa shape index (κ2) is 8.74. The summed E-state index contributed by atoms with van der Waals surface area (Å²) in [7, 11) is 1.76. The molecule has 2 aromatic heterocycles. The van der Waals surface area contributed by atoms with Gasteiger partial charge >= 0.3 is 6.18 Å². The first-order chi connectivity index (χ1) is 17.2. The summed E-state index contributed by atoms with van der Waals surface area (Å²) in [6.45, 7) is 4.60. The maximum Gasteiger partial charge on any atom is 0.416 e. The zero-order valence-electron chi connectivity index (χ0n) is 19.7. The summed E-state index contributed by atoms with van der Waals surface area (Å²) < 4.78 is 39.2. The van der Waals surface area contributed by atoms with E-state index in [4.69, 9.17) is 4.99 Å². The number of hydrogen-bond donors (Lipinski definition) is 2. The Bertz CT molecular complexity index is 1430. The molecule has 2 N–H and O–H groups in total. The largest absolute Gasteiger partial charge is 0.416 e. The lowest BCUT2D eigenvalue weighted by molar-refractivity contribution is -0.137. The van der Waals surface area contributed by atoms with Crippen LogP contribution in [0.3, 0.4) is 0 Å². The second-order valence-electron chi connectivity index (χ2n) is 8.58. The Morgan fingerprint density at radius 3 is 2.72 bits per heavy atom. The van der Waals surface area contributed by atoms with Crippen LogP contribution in [-0.2, 0) is 6.18 Å². The maximum absolute atomic E-state index is 13.1. The van der Waals surface area contributed by atoms with Crippen molar-refractivity contribution in [2.75, 3.05) is 29.1 Å². The summed E-state index contributed by atoms with van der Waals surface area (Å²) >= 11 is 0. The molecule has 1 atom stereocenters. The predicted molar refractivity (Wildman–Crippen MR) is 132 cm³/mol. The summed E-state index contributed by atoms with van der Waals surface area (Å²) in [6, 6.07) is 6.97. The van der Waals surface area contributed by atoms with Crippen molar-refractivity contribution in [2.45, 2.75) is 26.1 Å². The summed E-state index contributed by atoms with van der Waals surface area (Å²) in [5.74, 6) is 1.30. The molecule has 2 aliphatic rings. The fourth-order valence-electron chi connectivity index (χ4n) is 4.24. The highest BCUT2D eigenvalue weighted by Crippen LogP contribution is 2.38. The molecule has 0 radical (unpaired) electrons. The third kappa shape index (κ3) is 4.16. The number of alkyl halides is 3. The number of pyridine rings is 1. The van der Waals surface area contributed by atoms with Crippen molar-refractivity contribution in [3.63, 3.8) is 0 Å². The van der Waals surface area contributed by atoms with Crippen molar-refractivity contribution in [3.05, 3.63) is 70.7 Å². The second-order valence-corrected chi connectivity index (χ2v) is 8.58. The highest BCUT2D eigenvalue weighted by atomic mass is 19.4. The van der Waals surface area contributed by atoms with Gasteiger partial charge in [0.25, 0.3) is 5.91 Å². The highest BCUT2D eigenvalue weighted by Gasteiger charge is 2.35. The van der Waals surface area contributed by atoms with Crippen LogP contribution in [0.5, 0.6) is 0 Å². The predicted octanol–water partition coefficient (Wildman–Crippen LogP) is 4.65. The molecule has 36 heavy (non-hydrogen) atoms. The summed E-state index contributed by atoms with van der Waals surface area (Å²) in [5, 5.41) is 5.62. The molecule has 3 aromatic rings. The van der Waals surface area contributed by atoms with Gasteiger partial charge in [0.1, 0.15) is 17.3 Å². The molecule has 4 heterocycles. The molecule has 0 saturated carbocycles. The van der Waals surface area contributed by atoms with Gasteiger partial charge in [-0.25, -0.2) is 4.98 Å². The van der Waals surface area contributed by atoms with Gasteiger partial charge in [0, 0.05) is 36.3 Å². The van der Waals surface area contributed by atoms with Gasteiger partial charge in [-0.05, 0) is 55.3 Å². The van der Waals surface area contributed by atoms with Gasteiger partial charge in [-0.1, -0.05) is 6.07 Å². The Morgan fingerprint density at radius 1 is 1.17 bits per heavy atom. The lowest BCUT2D eigenvalue weighted by Crippen LogP contribution is -2.38. The molecule has 184 valence electrons. The summed E-state index contributed by atoms with van der Waals surface area (Å²) in [6.07, 6.45) is 0.111. The number of nitrogens with zero attached hydrogens (tertiary/aromatic N) is 5. The van der Waals surface area contributed by atoms with Crippen molar-refractivity contribution < 1.29 is 18.0 Å². The topological polar surface area (TPSA) is 95.4 Å². The van der Waals surface area contributed by atoms with E-state index in [0.29, 0.717) is 18.2 Å². The number of carbonyl (C=O) groups is 1. The first-order valence-corrected chi connectivity index (χ1v) is 11.2. The highest BCUT2D eigenvalue weighted by molar-refractivity contribution is 6.36. The number of aliphatic imine (C=N–C) groups is 1. The molecular formula is C25H22F3N7O. The minimum Gasteiger partial charge on any atom is -0.357 e. The van der Waals surface area contributed by atoms with Crippen LogP contribution < -0.4 is 15.5 Å². The molecule has 8 nitrogen and oxygen atoms in total. The number of nitrogens with one attached hydrogen (secondary N) is 2. The van der Waals surface area contributed by atoms with E-state index in [1.807, 2.05) is 19.1 Å². The number of carbonyl (C=O) groups excluding carboxylic acids is 1. The molecule has 5 rings (SSSR count). The number of anilines is 3. The van der Waals surface area contributed by atoms with Crippen LogP contribution in [0.25, 0.3) is 11.6 Å².